The molecular formula is C13H18N2OS. The van der Waals surface area contributed by atoms with E-state index < -0.39 is 0 Å². The van der Waals surface area contributed by atoms with Gasteiger partial charge in [-0.05, 0) is 42.6 Å². The predicted molar refractivity (Wildman–Crippen MR) is 73.3 cm³/mol. The maximum absolute atomic E-state index is 5.64. The second kappa shape index (κ2) is 5.36. The molecule has 0 aliphatic carbocycles. The molecule has 17 heavy (non-hydrogen) atoms. The van der Waals surface area contributed by atoms with Gasteiger partial charge >= 0.3 is 0 Å². The summed E-state index contributed by atoms with van der Waals surface area (Å²) in [6.45, 7) is 1.89. The zero-order valence-electron chi connectivity index (χ0n) is 10.1. The van der Waals surface area contributed by atoms with Crippen LogP contribution in [0.25, 0.3) is 0 Å². The number of piperidine rings is 1. The van der Waals surface area contributed by atoms with Gasteiger partial charge < -0.3 is 15.4 Å². The van der Waals surface area contributed by atoms with Crippen molar-refractivity contribution in [3.8, 4) is 5.75 Å². The smallest absolute Gasteiger partial charge is 0.166 e. The predicted octanol–water partition coefficient (Wildman–Crippen LogP) is 2.12. The average molecular weight is 250 g/mol. The lowest BCUT2D eigenvalue weighted by atomic mass is 9.89. The lowest BCUT2D eigenvalue weighted by Gasteiger charge is -2.33. The van der Waals surface area contributed by atoms with Gasteiger partial charge in [-0.15, -0.1) is 0 Å². The molecule has 0 amide bonds. The molecule has 4 heteroatoms. The van der Waals surface area contributed by atoms with Crippen LogP contribution in [0.5, 0.6) is 5.75 Å². The van der Waals surface area contributed by atoms with Crippen molar-refractivity contribution in [1.29, 1.82) is 0 Å². The zero-order valence-corrected chi connectivity index (χ0v) is 10.9. The van der Waals surface area contributed by atoms with Crippen LogP contribution in [0.1, 0.15) is 24.3 Å². The van der Waals surface area contributed by atoms with Gasteiger partial charge in [-0.25, -0.2) is 0 Å². The number of nitrogens with zero attached hydrogens (tertiary/aromatic N) is 1. The molecule has 0 spiro atoms. The largest absolute Gasteiger partial charge is 0.496 e. The summed E-state index contributed by atoms with van der Waals surface area (Å²) >= 11 is 5.00. The first-order valence-electron chi connectivity index (χ1n) is 5.89. The normalized spacial score (nSPS) is 16.9. The standard InChI is InChI=1S/C13H18N2OS/c1-16-12-5-3-2-4-11(12)10-6-8-15(9-7-10)13(14)17/h2-5,10H,6-9H2,1H3,(H2,14,17). The fourth-order valence-corrected chi connectivity index (χ4v) is 2.60. The van der Waals surface area contributed by atoms with Crippen molar-refractivity contribution >= 4 is 17.3 Å². The van der Waals surface area contributed by atoms with Gasteiger partial charge in [0.1, 0.15) is 5.75 Å². The van der Waals surface area contributed by atoms with Crippen LogP contribution in [-0.4, -0.2) is 30.2 Å². The molecule has 0 saturated carbocycles. The Labute approximate surface area is 108 Å². The number of methoxy groups -OCH3 is 1. The Morgan fingerprint density at radius 1 is 1.35 bits per heavy atom. The van der Waals surface area contributed by atoms with Crippen molar-refractivity contribution < 1.29 is 4.74 Å². The second-order valence-electron chi connectivity index (χ2n) is 4.34. The average Bonchev–Trinajstić information content (AvgIpc) is 2.39. The van der Waals surface area contributed by atoms with E-state index in [4.69, 9.17) is 22.7 Å². The molecule has 1 fully saturated rings. The molecule has 2 N–H and O–H groups in total. The highest BCUT2D eigenvalue weighted by Crippen LogP contribution is 2.33. The summed E-state index contributed by atoms with van der Waals surface area (Å²) in [4.78, 5) is 2.07. The highest BCUT2D eigenvalue weighted by Gasteiger charge is 2.23. The van der Waals surface area contributed by atoms with E-state index in [0.717, 1.165) is 31.7 Å². The van der Waals surface area contributed by atoms with E-state index in [0.29, 0.717) is 11.0 Å². The topological polar surface area (TPSA) is 38.5 Å². The van der Waals surface area contributed by atoms with Crippen LogP contribution in [0.15, 0.2) is 24.3 Å². The van der Waals surface area contributed by atoms with Gasteiger partial charge in [0.15, 0.2) is 5.11 Å². The summed E-state index contributed by atoms with van der Waals surface area (Å²) < 4.78 is 5.41. The number of para-hydroxylation sites is 1. The summed E-state index contributed by atoms with van der Waals surface area (Å²) in [7, 11) is 1.73. The number of likely N-dealkylation sites (tertiary alicyclic amines) is 1. The van der Waals surface area contributed by atoms with Gasteiger partial charge in [-0.3, -0.25) is 0 Å². The molecule has 1 aliphatic rings. The zero-order chi connectivity index (χ0) is 12.3. The van der Waals surface area contributed by atoms with Crippen LogP contribution in [0.2, 0.25) is 0 Å². The number of hydrogen-bond donors (Lipinski definition) is 1. The van der Waals surface area contributed by atoms with Gasteiger partial charge in [0.25, 0.3) is 0 Å². The Hall–Kier alpha value is -1.29. The molecule has 0 unspecified atom stereocenters. The summed E-state index contributed by atoms with van der Waals surface area (Å²) in [6, 6.07) is 8.25. The van der Waals surface area contributed by atoms with Crippen LogP contribution >= 0.6 is 12.2 Å². The third-order valence-electron chi connectivity index (χ3n) is 3.39. The molecule has 0 bridgehead atoms. The summed E-state index contributed by atoms with van der Waals surface area (Å²) in [5.41, 5.74) is 6.94. The Kier molecular flexibility index (Phi) is 3.84. The van der Waals surface area contributed by atoms with Crippen LogP contribution in [0, 0.1) is 0 Å². The quantitative estimate of drug-likeness (QED) is 0.816. The van der Waals surface area contributed by atoms with Gasteiger partial charge in [0, 0.05) is 13.1 Å². The van der Waals surface area contributed by atoms with Crippen molar-refractivity contribution in [3.05, 3.63) is 29.8 Å². The minimum atomic E-state index is 0.517. The van der Waals surface area contributed by atoms with E-state index in [1.807, 2.05) is 12.1 Å². The third kappa shape index (κ3) is 2.69. The van der Waals surface area contributed by atoms with Crippen LogP contribution < -0.4 is 10.5 Å². The highest BCUT2D eigenvalue weighted by molar-refractivity contribution is 7.80. The molecule has 1 aromatic carbocycles. The lowest BCUT2D eigenvalue weighted by molar-refractivity contribution is 0.308. The van der Waals surface area contributed by atoms with Gasteiger partial charge in [0.2, 0.25) is 0 Å². The van der Waals surface area contributed by atoms with E-state index in [1.54, 1.807) is 7.11 Å². The number of rotatable bonds is 2. The summed E-state index contributed by atoms with van der Waals surface area (Å²) in [6.07, 6.45) is 2.16. The number of benzene rings is 1. The maximum Gasteiger partial charge on any atom is 0.166 e. The van der Waals surface area contributed by atoms with Crippen molar-refractivity contribution in [1.82, 2.24) is 4.90 Å². The Morgan fingerprint density at radius 3 is 2.59 bits per heavy atom. The molecule has 2 rings (SSSR count). The molecular weight excluding hydrogens is 232 g/mol. The van der Waals surface area contributed by atoms with E-state index in [-0.39, 0.29) is 0 Å². The molecule has 0 radical (unpaired) electrons. The minimum Gasteiger partial charge on any atom is -0.496 e. The van der Waals surface area contributed by atoms with Crippen molar-refractivity contribution in [3.63, 3.8) is 0 Å². The van der Waals surface area contributed by atoms with Crippen molar-refractivity contribution in [2.75, 3.05) is 20.2 Å². The van der Waals surface area contributed by atoms with Gasteiger partial charge in [-0.1, -0.05) is 18.2 Å². The second-order valence-corrected chi connectivity index (χ2v) is 4.76. The fraction of sp³-hybridized carbons (Fsp3) is 0.462. The molecule has 1 saturated heterocycles. The molecule has 92 valence electrons. The maximum atomic E-state index is 5.64. The van der Waals surface area contributed by atoms with Crippen LogP contribution in [0.4, 0.5) is 0 Å². The fourth-order valence-electron chi connectivity index (χ4n) is 2.41. The molecule has 3 nitrogen and oxygen atoms in total. The third-order valence-corrected chi connectivity index (χ3v) is 3.64. The number of ether oxygens (including phenoxy) is 1. The Balaban J connectivity index is 2.07. The summed E-state index contributed by atoms with van der Waals surface area (Å²) in [5, 5.41) is 0.517. The molecule has 1 heterocycles. The van der Waals surface area contributed by atoms with Crippen molar-refractivity contribution in [2.45, 2.75) is 18.8 Å². The van der Waals surface area contributed by atoms with E-state index in [1.165, 1.54) is 5.56 Å². The van der Waals surface area contributed by atoms with Crippen LogP contribution in [-0.2, 0) is 0 Å². The Morgan fingerprint density at radius 2 is 2.00 bits per heavy atom. The van der Waals surface area contributed by atoms with E-state index >= 15 is 0 Å². The summed E-state index contributed by atoms with van der Waals surface area (Å²) in [5.74, 6) is 1.54. The first-order valence-corrected chi connectivity index (χ1v) is 6.30. The van der Waals surface area contributed by atoms with Gasteiger partial charge in [-0.2, -0.15) is 0 Å². The molecule has 1 aromatic rings. The van der Waals surface area contributed by atoms with E-state index in [2.05, 4.69) is 17.0 Å². The van der Waals surface area contributed by atoms with Crippen molar-refractivity contribution in [2.24, 2.45) is 5.73 Å². The molecule has 0 atom stereocenters. The first kappa shape index (κ1) is 12.2. The van der Waals surface area contributed by atoms with E-state index in [9.17, 15) is 0 Å². The highest BCUT2D eigenvalue weighted by atomic mass is 32.1. The van der Waals surface area contributed by atoms with Gasteiger partial charge in [0.05, 0.1) is 7.11 Å². The minimum absolute atomic E-state index is 0.517. The monoisotopic (exact) mass is 250 g/mol. The number of hydrogen-bond acceptors (Lipinski definition) is 2. The lowest BCUT2D eigenvalue weighted by Crippen LogP contribution is -2.41. The molecule has 0 aromatic heterocycles. The van der Waals surface area contributed by atoms with Crippen LogP contribution in [0.3, 0.4) is 0 Å². The SMILES string of the molecule is COc1ccccc1C1CCN(C(N)=S)CC1. The number of nitrogens with two attached hydrogens (primary N) is 1. The number of thiocarbonyl (C=S) groups is 1. The Bertz CT molecular complexity index is 400. The molecule has 1 aliphatic heterocycles. The first-order chi connectivity index (χ1) is 8.22.